The van der Waals surface area contributed by atoms with E-state index in [1.54, 1.807) is 39.8 Å². The molecule has 14 nitrogen and oxygen atoms in total. The minimum Gasteiger partial charge on any atom is -0.457 e. The molecule has 3 aliphatic rings. The van der Waals surface area contributed by atoms with Gasteiger partial charge in [0.15, 0.2) is 18.7 Å². The van der Waals surface area contributed by atoms with E-state index in [1.165, 1.54) is 6.92 Å². The van der Waals surface area contributed by atoms with E-state index in [1.807, 2.05) is 71.0 Å². The quantitative estimate of drug-likeness (QED) is 0.348. The summed E-state index contributed by atoms with van der Waals surface area (Å²) < 4.78 is 37.7. The van der Waals surface area contributed by atoms with Gasteiger partial charge >= 0.3 is 5.97 Å². The van der Waals surface area contributed by atoms with Gasteiger partial charge in [0.2, 0.25) is 11.8 Å². The highest BCUT2D eigenvalue weighted by molar-refractivity contribution is 5.79. The summed E-state index contributed by atoms with van der Waals surface area (Å²) in [6.45, 7) is 14.7. The van der Waals surface area contributed by atoms with Crippen LogP contribution in [0.5, 0.6) is 0 Å². The van der Waals surface area contributed by atoms with Gasteiger partial charge in [-0.3, -0.25) is 14.4 Å². The lowest BCUT2D eigenvalue weighted by atomic mass is 9.77. The summed E-state index contributed by atoms with van der Waals surface area (Å²) in [5, 5.41) is 27.2. The summed E-state index contributed by atoms with van der Waals surface area (Å²) in [6.07, 6.45) is -5.45. The second-order valence-electron chi connectivity index (χ2n) is 17.1. The summed E-state index contributed by atoms with van der Waals surface area (Å²) in [5.41, 5.74) is -0.884. The number of hydrogen-bond donors (Lipinski definition) is 3. The molecule has 312 valence electrons. The number of nitrogens with zero attached hydrogens (tertiary/aromatic N) is 2. The van der Waals surface area contributed by atoms with Gasteiger partial charge in [0.1, 0.15) is 11.7 Å². The molecule has 3 N–H and O–H groups in total. The zero-order chi connectivity index (χ0) is 41.0. The second kappa shape index (κ2) is 18.7. The standard InChI is InChI=1S/C41H67N3O11/c1-23-19-40(7,49)36(55-39-34(47)31(43(9)10)16-24(2)51-39)25(3)35(54-33-20-41(8,50-12)37(27(5)52-33)53-28(6)45)26(4)38(48)42-21-30-15-13-14-29(17-30)18-32(46)44(11)22-23/h13-15,17,23-27,31,33-37,39,47,49H,16,18-22H2,1-12H3,(H,42,48)/t23-,24-,25+,26-,27+,31+,33+,34-,35+,36-,37+,39+,40-,41-/m1/s1. The molecule has 2 saturated heterocycles. The lowest BCUT2D eigenvalue weighted by molar-refractivity contribution is -0.318. The fraction of sp³-hybridized carbons (Fsp3) is 0.780. The van der Waals surface area contributed by atoms with E-state index < -0.39 is 72.1 Å². The molecule has 2 amide bonds. The highest BCUT2D eigenvalue weighted by atomic mass is 16.7. The predicted molar refractivity (Wildman–Crippen MR) is 204 cm³/mol. The molecule has 14 atom stereocenters. The normalized spacial score (nSPS) is 40.0. The maximum atomic E-state index is 14.1. The van der Waals surface area contributed by atoms with Crippen LogP contribution in [0.25, 0.3) is 0 Å². The summed E-state index contributed by atoms with van der Waals surface area (Å²) in [6, 6.07) is 7.31. The SMILES string of the molecule is CO[C@]1(C)C[C@H](O[C@H]2[C@H](C)[C@@H](O[C@@H]3O[C@H](C)C[C@H](N(C)C)[C@H]3O)[C@](C)(O)C[C@@H](C)CN(C)C(=O)Cc3cccc(c3)CNC(=O)[C@@H]2C)O[C@@H](C)[C@@H]1OC(C)=O. The van der Waals surface area contributed by atoms with Crippen LogP contribution in [-0.2, 0) is 55.8 Å². The first kappa shape index (κ1) is 45.0. The number of rotatable bonds is 7. The third-order valence-electron chi connectivity index (χ3n) is 11.7. The molecule has 1 aromatic rings. The van der Waals surface area contributed by atoms with Crippen molar-refractivity contribution in [2.45, 2.75) is 154 Å². The Morgan fingerprint density at radius 3 is 2.33 bits per heavy atom. The maximum absolute atomic E-state index is 14.1. The second-order valence-corrected chi connectivity index (χ2v) is 17.1. The highest BCUT2D eigenvalue weighted by Crippen LogP contribution is 2.40. The minimum absolute atomic E-state index is 0.0663. The third-order valence-corrected chi connectivity index (χ3v) is 11.7. The lowest BCUT2D eigenvalue weighted by Gasteiger charge is -2.49. The molecule has 0 unspecified atom stereocenters. The Morgan fingerprint density at radius 2 is 1.69 bits per heavy atom. The molecule has 2 bridgehead atoms. The van der Waals surface area contributed by atoms with E-state index in [2.05, 4.69) is 5.32 Å². The van der Waals surface area contributed by atoms with E-state index in [4.69, 9.17) is 28.4 Å². The number of aliphatic hydroxyl groups is 2. The van der Waals surface area contributed by atoms with Crippen molar-refractivity contribution in [2.24, 2.45) is 17.8 Å². The van der Waals surface area contributed by atoms with Crippen molar-refractivity contribution in [3.05, 3.63) is 35.4 Å². The van der Waals surface area contributed by atoms with Gasteiger partial charge < -0.3 is 53.8 Å². The van der Waals surface area contributed by atoms with Crippen molar-refractivity contribution in [2.75, 3.05) is 34.8 Å². The number of carbonyl (C=O) groups is 3. The van der Waals surface area contributed by atoms with E-state index in [-0.39, 0.29) is 55.7 Å². The summed E-state index contributed by atoms with van der Waals surface area (Å²) in [5.74, 6) is -2.52. The van der Waals surface area contributed by atoms with Crippen LogP contribution in [0.15, 0.2) is 24.3 Å². The number of benzene rings is 1. The Kier molecular flexibility index (Phi) is 15.3. The molecule has 1 aromatic carbocycles. The number of fused-ring (bicyclic) bond motifs is 2. The number of likely N-dealkylation sites (N-methyl/N-ethyl adjacent to an activating group) is 2. The van der Waals surface area contributed by atoms with Gasteiger partial charge in [-0.15, -0.1) is 0 Å². The first-order valence-corrected chi connectivity index (χ1v) is 19.7. The Hall–Kier alpha value is -2.69. The molecule has 14 heteroatoms. The molecule has 0 radical (unpaired) electrons. The molecule has 0 saturated carbocycles. The summed E-state index contributed by atoms with van der Waals surface area (Å²) >= 11 is 0. The smallest absolute Gasteiger partial charge is 0.303 e. The average molecular weight is 778 g/mol. The van der Waals surface area contributed by atoms with Crippen molar-refractivity contribution in [3.8, 4) is 0 Å². The summed E-state index contributed by atoms with van der Waals surface area (Å²) in [7, 11) is 7.08. The van der Waals surface area contributed by atoms with Crippen LogP contribution in [0.1, 0.15) is 85.8 Å². The third kappa shape index (κ3) is 11.2. The van der Waals surface area contributed by atoms with Crippen LogP contribution >= 0.6 is 0 Å². The molecule has 4 rings (SSSR count). The number of aliphatic hydroxyl groups excluding tert-OH is 1. The number of esters is 1. The predicted octanol–water partition coefficient (Wildman–Crippen LogP) is 3.03. The van der Waals surface area contributed by atoms with E-state index in [9.17, 15) is 24.6 Å². The van der Waals surface area contributed by atoms with Crippen LogP contribution in [0, 0.1) is 17.8 Å². The highest BCUT2D eigenvalue weighted by Gasteiger charge is 2.52. The molecule has 2 fully saturated rings. The fourth-order valence-electron chi connectivity index (χ4n) is 8.78. The lowest BCUT2D eigenvalue weighted by Crippen LogP contribution is -2.61. The van der Waals surface area contributed by atoms with Gasteiger partial charge in [-0.1, -0.05) is 45.0 Å². The Labute approximate surface area is 327 Å². The van der Waals surface area contributed by atoms with Crippen LogP contribution in [0.4, 0.5) is 0 Å². The molecule has 3 aliphatic heterocycles. The topological polar surface area (TPSA) is 166 Å². The molecule has 0 aromatic heterocycles. The molecule has 0 aliphatic carbocycles. The van der Waals surface area contributed by atoms with Gasteiger partial charge in [-0.05, 0) is 71.7 Å². The van der Waals surface area contributed by atoms with Crippen molar-refractivity contribution in [1.82, 2.24) is 15.1 Å². The monoisotopic (exact) mass is 777 g/mol. The van der Waals surface area contributed by atoms with E-state index in [0.29, 0.717) is 13.0 Å². The Bertz CT molecular complexity index is 1460. The number of methoxy groups -OCH3 is 1. The Morgan fingerprint density at radius 1 is 1.02 bits per heavy atom. The molecule has 55 heavy (non-hydrogen) atoms. The zero-order valence-electron chi connectivity index (χ0n) is 34.9. The van der Waals surface area contributed by atoms with Gasteiger partial charge in [-0.2, -0.15) is 0 Å². The fourth-order valence-corrected chi connectivity index (χ4v) is 8.78. The van der Waals surface area contributed by atoms with Crippen LogP contribution < -0.4 is 5.32 Å². The largest absolute Gasteiger partial charge is 0.457 e. The van der Waals surface area contributed by atoms with Crippen molar-refractivity contribution >= 4 is 17.8 Å². The number of ether oxygens (including phenoxy) is 6. The van der Waals surface area contributed by atoms with Crippen molar-refractivity contribution < 1.29 is 53.0 Å². The summed E-state index contributed by atoms with van der Waals surface area (Å²) in [4.78, 5) is 43.2. The first-order valence-electron chi connectivity index (χ1n) is 19.7. The van der Waals surface area contributed by atoms with Gasteiger partial charge in [0.25, 0.3) is 0 Å². The van der Waals surface area contributed by atoms with Crippen LogP contribution in [-0.4, -0.2) is 139 Å². The Balaban J connectivity index is 1.78. The number of nitrogens with one attached hydrogen (secondary N) is 1. The molecule has 3 heterocycles. The van der Waals surface area contributed by atoms with E-state index in [0.717, 1.165) is 11.1 Å². The van der Waals surface area contributed by atoms with Crippen molar-refractivity contribution in [1.29, 1.82) is 0 Å². The number of carbonyl (C=O) groups excluding carboxylic acids is 3. The number of hydrogen-bond acceptors (Lipinski definition) is 12. The first-order chi connectivity index (χ1) is 25.6. The van der Waals surface area contributed by atoms with Gasteiger partial charge in [0.05, 0.1) is 42.4 Å². The molecular weight excluding hydrogens is 710 g/mol. The van der Waals surface area contributed by atoms with Crippen molar-refractivity contribution in [3.63, 3.8) is 0 Å². The molecule has 0 spiro atoms. The van der Waals surface area contributed by atoms with Crippen LogP contribution in [0.3, 0.4) is 0 Å². The molecular formula is C41H67N3O11. The van der Waals surface area contributed by atoms with Gasteiger partial charge in [-0.25, -0.2) is 0 Å². The van der Waals surface area contributed by atoms with E-state index >= 15 is 0 Å². The zero-order valence-corrected chi connectivity index (χ0v) is 34.9. The number of amides is 2. The van der Waals surface area contributed by atoms with Gasteiger partial charge in [0, 0.05) is 52.6 Å². The maximum Gasteiger partial charge on any atom is 0.303 e. The minimum atomic E-state index is -1.57. The average Bonchev–Trinajstić information content (AvgIpc) is 3.09. The van der Waals surface area contributed by atoms with Crippen LogP contribution in [0.2, 0.25) is 0 Å².